The van der Waals surface area contributed by atoms with Gasteiger partial charge in [-0.1, -0.05) is 17.7 Å². The number of nitrogens with one attached hydrogen (secondary N) is 1. The summed E-state index contributed by atoms with van der Waals surface area (Å²) < 4.78 is 18.1. The molecular formula is C14H12Cl2FNO2. The lowest BCUT2D eigenvalue weighted by Gasteiger charge is -2.27. The predicted octanol–water partition coefficient (Wildman–Crippen LogP) is 4.39. The van der Waals surface area contributed by atoms with Gasteiger partial charge in [0.15, 0.2) is 11.0 Å². The molecule has 2 rings (SSSR count). The molecule has 106 valence electrons. The molecule has 3 nitrogen and oxygen atoms in total. The van der Waals surface area contributed by atoms with Crippen LogP contribution in [0.15, 0.2) is 34.7 Å². The molecule has 0 fully saturated rings. The summed E-state index contributed by atoms with van der Waals surface area (Å²) in [7, 11) is 0. The lowest BCUT2D eigenvalue weighted by Crippen LogP contribution is -2.41. The molecular weight excluding hydrogens is 304 g/mol. The lowest BCUT2D eigenvalue weighted by atomic mass is 9.94. The summed E-state index contributed by atoms with van der Waals surface area (Å²) in [5.41, 5.74) is -0.187. The first-order valence-corrected chi connectivity index (χ1v) is 6.58. The van der Waals surface area contributed by atoms with Crippen molar-refractivity contribution >= 4 is 29.1 Å². The monoisotopic (exact) mass is 315 g/mol. The third kappa shape index (κ3) is 3.14. The van der Waals surface area contributed by atoms with Crippen molar-refractivity contribution in [2.75, 3.05) is 0 Å². The zero-order valence-electron chi connectivity index (χ0n) is 10.8. The first kappa shape index (κ1) is 14.9. The zero-order chi connectivity index (χ0) is 14.9. The predicted molar refractivity (Wildman–Crippen MR) is 75.6 cm³/mol. The Labute approximate surface area is 125 Å². The minimum atomic E-state index is -0.791. The minimum Gasteiger partial charge on any atom is -0.440 e. The fourth-order valence-corrected chi connectivity index (χ4v) is 2.40. The number of benzene rings is 1. The molecule has 6 heteroatoms. The van der Waals surface area contributed by atoms with Crippen LogP contribution in [0.2, 0.25) is 10.2 Å². The number of halogens is 3. The molecule has 0 unspecified atom stereocenters. The van der Waals surface area contributed by atoms with Crippen LogP contribution in [-0.4, -0.2) is 5.91 Å². The molecule has 0 bridgehead atoms. The highest BCUT2D eigenvalue weighted by Gasteiger charge is 2.27. The van der Waals surface area contributed by atoms with Crippen molar-refractivity contribution in [2.45, 2.75) is 19.4 Å². The van der Waals surface area contributed by atoms with Crippen LogP contribution in [0.1, 0.15) is 30.0 Å². The fraction of sp³-hybridized carbons (Fsp3) is 0.214. The first-order valence-electron chi connectivity index (χ1n) is 5.83. The molecule has 1 heterocycles. The molecule has 2 aromatic rings. The fourth-order valence-electron chi connectivity index (χ4n) is 1.85. The number of hydrogen-bond acceptors (Lipinski definition) is 2. The average Bonchev–Trinajstić information content (AvgIpc) is 2.74. The Bertz CT molecular complexity index is 652. The van der Waals surface area contributed by atoms with Crippen LogP contribution in [0.3, 0.4) is 0 Å². The highest BCUT2D eigenvalue weighted by Crippen LogP contribution is 2.29. The quantitative estimate of drug-likeness (QED) is 0.912. The van der Waals surface area contributed by atoms with Gasteiger partial charge in [-0.3, -0.25) is 4.79 Å². The highest BCUT2D eigenvalue weighted by molar-refractivity contribution is 6.31. The summed E-state index contributed by atoms with van der Waals surface area (Å²) >= 11 is 11.6. The second kappa shape index (κ2) is 5.46. The van der Waals surface area contributed by atoms with Gasteiger partial charge < -0.3 is 9.73 Å². The smallest absolute Gasteiger partial charge is 0.287 e. The van der Waals surface area contributed by atoms with E-state index in [1.807, 2.05) is 0 Å². The van der Waals surface area contributed by atoms with Gasteiger partial charge in [-0.15, -0.1) is 0 Å². The molecule has 1 amide bonds. The number of hydrogen-bond donors (Lipinski definition) is 1. The number of furan rings is 1. The van der Waals surface area contributed by atoms with Gasteiger partial charge in [0, 0.05) is 5.02 Å². The Hall–Kier alpha value is -1.52. The Balaban J connectivity index is 2.24. The zero-order valence-corrected chi connectivity index (χ0v) is 12.3. The van der Waals surface area contributed by atoms with Crippen molar-refractivity contribution in [3.63, 3.8) is 0 Å². The molecule has 0 aliphatic rings. The summed E-state index contributed by atoms with van der Waals surface area (Å²) in [6.07, 6.45) is 0. The largest absolute Gasteiger partial charge is 0.440 e. The molecule has 1 aromatic heterocycles. The van der Waals surface area contributed by atoms with Crippen LogP contribution in [-0.2, 0) is 5.54 Å². The van der Waals surface area contributed by atoms with E-state index in [1.54, 1.807) is 13.8 Å². The van der Waals surface area contributed by atoms with E-state index in [-0.39, 0.29) is 16.0 Å². The van der Waals surface area contributed by atoms with E-state index in [0.717, 1.165) is 0 Å². The lowest BCUT2D eigenvalue weighted by molar-refractivity contribution is 0.0883. The molecule has 0 radical (unpaired) electrons. The van der Waals surface area contributed by atoms with Gasteiger partial charge >= 0.3 is 0 Å². The standard InChI is InChI=1S/C14H12Cl2FNO2/c1-14(2,9-4-3-8(17)7-10(9)15)18-13(19)11-5-6-12(16)20-11/h3-7H,1-2H3,(H,18,19). The van der Waals surface area contributed by atoms with Gasteiger partial charge in [0.2, 0.25) is 0 Å². The second-order valence-electron chi connectivity index (χ2n) is 4.81. The molecule has 1 N–H and O–H groups in total. The van der Waals surface area contributed by atoms with Gasteiger partial charge in [-0.05, 0) is 55.3 Å². The Morgan fingerprint density at radius 1 is 1.25 bits per heavy atom. The van der Waals surface area contributed by atoms with Crippen molar-refractivity contribution < 1.29 is 13.6 Å². The Morgan fingerprint density at radius 2 is 1.95 bits per heavy atom. The first-order chi connectivity index (χ1) is 9.29. The minimum absolute atomic E-state index is 0.0984. The van der Waals surface area contributed by atoms with Gasteiger partial charge in [0.1, 0.15) is 5.82 Å². The van der Waals surface area contributed by atoms with Crippen LogP contribution in [0.4, 0.5) is 4.39 Å². The maximum absolute atomic E-state index is 13.1. The average molecular weight is 316 g/mol. The Kier molecular flexibility index (Phi) is 4.06. The van der Waals surface area contributed by atoms with E-state index in [4.69, 9.17) is 27.6 Å². The number of amides is 1. The van der Waals surface area contributed by atoms with Crippen molar-refractivity contribution in [1.82, 2.24) is 5.32 Å². The van der Waals surface area contributed by atoms with Gasteiger partial charge in [0.05, 0.1) is 5.54 Å². The van der Waals surface area contributed by atoms with Crippen LogP contribution in [0, 0.1) is 5.82 Å². The molecule has 0 aliphatic carbocycles. The third-order valence-corrected chi connectivity index (χ3v) is 3.34. The summed E-state index contributed by atoms with van der Waals surface area (Å²) in [5, 5.41) is 3.14. The molecule has 20 heavy (non-hydrogen) atoms. The van der Waals surface area contributed by atoms with E-state index in [2.05, 4.69) is 5.32 Å². The molecule has 0 saturated carbocycles. The highest BCUT2D eigenvalue weighted by atomic mass is 35.5. The van der Waals surface area contributed by atoms with Crippen molar-refractivity contribution in [2.24, 2.45) is 0 Å². The Morgan fingerprint density at radius 3 is 2.50 bits per heavy atom. The van der Waals surface area contributed by atoms with Crippen LogP contribution >= 0.6 is 23.2 Å². The van der Waals surface area contributed by atoms with Crippen molar-refractivity contribution in [1.29, 1.82) is 0 Å². The van der Waals surface area contributed by atoms with E-state index in [9.17, 15) is 9.18 Å². The van der Waals surface area contributed by atoms with E-state index in [1.165, 1.54) is 30.3 Å². The van der Waals surface area contributed by atoms with E-state index in [0.29, 0.717) is 5.56 Å². The number of carbonyl (C=O) groups is 1. The third-order valence-electron chi connectivity index (χ3n) is 2.83. The summed E-state index contributed by atoms with van der Waals surface area (Å²) in [6, 6.07) is 6.98. The SMILES string of the molecule is CC(C)(NC(=O)c1ccc(Cl)o1)c1ccc(F)cc1Cl. The number of carbonyl (C=O) groups excluding carboxylic acids is 1. The molecule has 1 aromatic carbocycles. The normalized spacial score (nSPS) is 11.4. The van der Waals surface area contributed by atoms with Gasteiger partial charge in [-0.25, -0.2) is 4.39 Å². The van der Waals surface area contributed by atoms with Crippen molar-refractivity contribution in [3.05, 3.63) is 57.7 Å². The van der Waals surface area contributed by atoms with Crippen LogP contribution in [0.25, 0.3) is 0 Å². The summed E-state index contributed by atoms with van der Waals surface area (Å²) in [5.74, 6) is -0.762. The maximum Gasteiger partial charge on any atom is 0.287 e. The summed E-state index contributed by atoms with van der Waals surface area (Å²) in [6.45, 7) is 3.52. The summed E-state index contributed by atoms with van der Waals surface area (Å²) in [4.78, 5) is 12.0. The molecule has 0 atom stereocenters. The topological polar surface area (TPSA) is 42.2 Å². The number of rotatable bonds is 3. The van der Waals surface area contributed by atoms with Crippen LogP contribution in [0.5, 0.6) is 0 Å². The molecule has 0 aliphatic heterocycles. The molecule has 0 spiro atoms. The van der Waals surface area contributed by atoms with Gasteiger partial charge in [-0.2, -0.15) is 0 Å². The van der Waals surface area contributed by atoms with Crippen LogP contribution < -0.4 is 5.32 Å². The maximum atomic E-state index is 13.1. The second-order valence-corrected chi connectivity index (χ2v) is 5.59. The van der Waals surface area contributed by atoms with Gasteiger partial charge in [0.25, 0.3) is 5.91 Å². The van der Waals surface area contributed by atoms with Crippen molar-refractivity contribution in [3.8, 4) is 0 Å². The van der Waals surface area contributed by atoms with E-state index < -0.39 is 17.3 Å². The van der Waals surface area contributed by atoms with E-state index >= 15 is 0 Å². The molecule has 0 saturated heterocycles.